The molecule has 1 aliphatic carbocycles. The van der Waals surface area contributed by atoms with Crippen molar-refractivity contribution in [2.45, 2.75) is 44.7 Å². The Labute approximate surface area is 95.2 Å². The van der Waals surface area contributed by atoms with Gasteiger partial charge < -0.3 is 4.90 Å². The minimum Gasteiger partial charge on any atom is -0.319 e. The molecular formula is C10H15ClN2S. The third-order valence-electron chi connectivity index (χ3n) is 3.22. The van der Waals surface area contributed by atoms with Crippen molar-refractivity contribution >= 4 is 29.3 Å². The van der Waals surface area contributed by atoms with Gasteiger partial charge in [-0.25, -0.2) is 0 Å². The molecule has 2 heterocycles. The molecule has 0 aromatic heterocycles. The number of amidine groups is 1. The summed E-state index contributed by atoms with van der Waals surface area (Å²) in [7, 11) is 0. The second kappa shape index (κ2) is 3.78. The molecule has 2 aliphatic heterocycles. The van der Waals surface area contributed by atoms with Crippen molar-refractivity contribution in [1.82, 2.24) is 4.90 Å². The standard InChI is InChI=1S/C10H14N2S.ClH/c1-7-6-13-10-11-8-4-2-3-5-9(8)12(7)10;/h6,8-9H,2-5H2,1H3;1H/t8-,9+;/m1./s1. The summed E-state index contributed by atoms with van der Waals surface area (Å²) >= 11 is 1.80. The summed E-state index contributed by atoms with van der Waals surface area (Å²) in [4.78, 5) is 7.23. The Balaban J connectivity index is 0.000000750. The Hall–Kier alpha value is -0.150. The molecule has 0 amide bonds. The van der Waals surface area contributed by atoms with E-state index in [-0.39, 0.29) is 12.4 Å². The molecule has 2 atom stereocenters. The van der Waals surface area contributed by atoms with Crippen molar-refractivity contribution in [3.8, 4) is 0 Å². The predicted molar refractivity (Wildman–Crippen MR) is 63.9 cm³/mol. The van der Waals surface area contributed by atoms with Crippen LogP contribution < -0.4 is 0 Å². The average molecular weight is 231 g/mol. The van der Waals surface area contributed by atoms with Crippen LogP contribution in [-0.2, 0) is 0 Å². The molecule has 14 heavy (non-hydrogen) atoms. The summed E-state index contributed by atoms with van der Waals surface area (Å²) in [5.41, 5.74) is 1.40. The van der Waals surface area contributed by atoms with Gasteiger partial charge in [0.25, 0.3) is 0 Å². The van der Waals surface area contributed by atoms with Gasteiger partial charge in [-0.1, -0.05) is 24.6 Å². The number of aliphatic imine (C=N–C) groups is 1. The second-order valence-corrected chi connectivity index (χ2v) is 4.91. The van der Waals surface area contributed by atoms with E-state index < -0.39 is 0 Å². The lowest BCUT2D eigenvalue weighted by molar-refractivity contribution is 0.284. The largest absolute Gasteiger partial charge is 0.319 e. The Morgan fingerprint density at radius 3 is 3.07 bits per heavy atom. The van der Waals surface area contributed by atoms with Crippen LogP contribution in [0.5, 0.6) is 0 Å². The fourth-order valence-electron chi connectivity index (χ4n) is 2.58. The fourth-order valence-corrected chi connectivity index (χ4v) is 3.56. The highest BCUT2D eigenvalue weighted by molar-refractivity contribution is 8.16. The Kier molecular flexibility index (Phi) is 2.80. The Bertz CT molecular complexity index is 300. The maximum Gasteiger partial charge on any atom is 0.168 e. The number of halogens is 1. The lowest BCUT2D eigenvalue weighted by Gasteiger charge is -2.30. The molecular weight excluding hydrogens is 216 g/mol. The van der Waals surface area contributed by atoms with Crippen LogP contribution in [0, 0.1) is 0 Å². The molecule has 1 saturated carbocycles. The molecule has 3 aliphatic rings. The monoisotopic (exact) mass is 230 g/mol. The van der Waals surface area contributed by atoms with Crippen molar-refractivity contribution in [2.75, 3.05) is 0 Å². The molecule has 0 saturated heterocycles. The lowest BCUT2D eigenvalue weighted by Crippen LogP contribution is -2.37. The second-order valence-electron chi connectivity index (χ2n) is 4.08. The number of allylic oxidation sites excluding steroid dienone is 1. The number of hydrogen-bond acceptors (Lipinski definition) is 3. The number of thioether (sulfide) groups is 1. The van der Waals surface area contributed by atoms with Gasteiger partial charge in [-0.3, -0.25) is 4.99 Å². The van der Waals surface area contributed by atoms with Gasteiger partial charge in [0.1, 0.15) is 0 Å². The molecule has 0 N–H and O–H groups in total. The third-order valence-corrected chi connectivity index (χ3v) is 4.19. The van der Waals surface area contributed by atoms with Gasteiger partial charge in [-0.2, -0.15) is 0 Å². The first-order chi connectivity index (χ1) is 6.36. The molecule has 0 unspecified atom stereocenters. The van der Waals surface area contributed by atoms with E-state index in [9.17, 15) is 0 Å². The van der Waals surface area contributed by atoms with Crippen LogP contribution in [0.15, 0.2) is 16.1 Å². The fraction of sp³-hybridized carbons (Fsp3) is 0.700. The topological polar surface area (TPSA) is 15.6 Å². The van der Waals surface area contributed by atoms with Crippen molar-refractivity contribution < 1.29 is 0 Å². The van der Waals surface area contributed by atoms with E-state index in [1.165, 1.54) is 36.5 Å². The van der Waals surface area contributed by atoms with Gasteiger partial charge in [0.05, 0.1) is 12.1 Å². The average Bonchev–Trinajstić information content (AvgIpc) is 2.66. The quantitative estimate of drug-likeness (QED) is 0.636. The van der Waals surface area contributed by atoms with Crippen LogP contribution >= 0.6 is 24.2 Å². The first-order valence-electron chi connectivity index (χ1n) is 5.07. The highest BCUT2D eigenvalue weighted by atomic mass is 35.5. The van der Waals surface area contributed by atoms with Crippen molar-refractivity contribution in [3.63, 3.8) is 0 Å². The zero-order valence-corrected chi connectivity index (χ0v) is 9.90. The highest BCUT2D eigenvalue weighted by Crippen LogP contribution is 2.40. The van der Waals surface area contributed by atoms with Crippen LogP contribution in [0.25, 0.3) is 0 Å². The summed E-state index contributed by atoms with van der Waals surface area (Å²) in [5, 5.41) is 3.48. The number of hydrogen-bond donors (Lipinski definition) is 0. The van der Waals surface area contributed by atoms with E-state index in [1.807, 2.05) is 0 Å². The normalized spacial score (nSPS) is 34.2. The number of fused-ring (bicyclic) bond motifs is 3. The summed E-state index contributed by atoms with van der Waals surface area (Å²) < 4.78 is 0. The Morgan fingerprint density at radius 2 is 2.21 bits per heavy atom. The molecule has 4 heteroatoms. The summed E-state index contributed by atoms with van der Waals surface area (Å²) in [6.07, 6.45) is 5.40. The molecule has 1 fully saturated rings. The van der Waals surface area contributed by atoms with E-state index in [1.54, 1.807) is 11.8 Å². The van der Waals surface area contributed by atoms with Crippen LogP contribution in [0.2, 0.25) is 0 Å². The molecule has 0 aromatic carbocycles. The molecule has 0 bridgehead atoms. The smallest absolute Gasteiger partial charge is 0.168 e. The molecule has 2 nitrogen and oxygen atoms in total. The molecule has 3 rings (SSSR count). The zero-order chi connectivity index (χ0) is 8.84. The maximum atomic E-state index is 4.78. The van der Waals surface area contributed by atoms with Gasteiger partial charge >= 0.3 is 0 Å². The van der Waals surface area contributed by atoms with E-state index in [0.717, 1.165) is 0 Å². The third kappa shape index (κ3) is 1.38. The summed E-state index contributed by atoms with van der Waals surface area (Å²) in [6, 6.07) is 1.31. The van der Waals surface area contributed by atoms with Gasteiger partial charge in [0, 0.05) is 5.70 Å². The van der Waals surface area contributed by atoms with E-state index >= 15 is 0 Å². The minimum absolute atomic E-state index is 0. The van der Waals surface area contributed by atoms with E-state index in [0.29, 0.717) is 12.1 Å². The van der Waals surface area contributed by atoms with Crippen LogP contribution in [0.3, 0.4) is 0 Å². The van der Waals surface area contributed by atoms with Crippen LogP contribution in [-0.4, -0.2) is 22.2 Å². The molecule has 0 radical (unpaired) electrons. The predicted octanol–water partition coefficient (Wildman–Crippen LogP) is 3.00. The van der Waals surface area contributed by atoms with Gasteiger partial charge in [0.2, 0.25) is 0 Å². The van der Waals surface area contributed by atoms with Gasteiger partial charge in [-0.15, -0.1) is 12.4 Å². The van der Waals surface area contributed by atoms with E-state index in [4.69, 9.17) is 4.99 Å². The highest BCUT2D eigenvalue weighted by Gasteiger charge is 2.40. The zero-order valence-electron chi connectivity index (χ0n) is 8.27. The van der Waals surface area contributed by atoms with Crippen LogP contribution in [0.1, 0.15) is 32.6 Å². The molecule has 0 aromatic rings. The van der Waals surface area contributed by atoms with Crippen molar-refractivity contribution in [2.24, 2.45) is 4.99 Å². The maximum absolute atomic E-state index is 4.78. The first kappa shape index (κ1) is 10.4. The van der Waals surface area contributed by atoms with Crippen molar-refractivity contribution in [3.05, 3.63) is 11.1 Å². The first-order valence-corrected chi connectivity index (χ1v) is 5.95. The minimum atomic E-state index is 0. The Morgan fingerprint density at radius 1 is 1.43 bits per heavy atom. The van der Waals surface area contributed by atoms with Crippen molar-refractivity contribution in [1.29, 1.82) is 0 Å². The summed E-state index contributed by atoms with van der Waals surface area (Å²) in [6.45, 7) is 2.20. The van der Waals surface area contributed by atoms with E-state index in [2.05, 4.69) is 17.2 Å². The SMILES string of the molecule is CC1=CSC2=N[C@@H]3CCCC[C@@H]3N12.Cl. The van der Waals surface area contributed by atoms with Gasteiger partial charge in [0.15, 0.2) is 5.17 Å². The lowest BCUT2D eigenvalue weighted by atomic mass is 9.91. The number of rotatable bonds is 0. The summed E-state index contributed by atoms with van der Waals surface area (Å²) in [5.74, 6) is 0. The number of nitrogens with zero attached hydrogens (tertiary/aromatic N) is 2. The molecule has 78 valence electrons. The molecule has 0 spiro atoms. The van der Waals surface area contributed by atoms with Gasteiger partial charge in [-0.05, 0) is 25.2 Å². The van der Waals surface area contributed by atoms with Crippen LogP contribution in [0.4, 0.5) is 0 Å².